The van der Waals surface area contributed by atoms with Gasteiger partial charge in [0, 0.05) is 6.92 Å². The molecule has 2 heterocycles. The second-order valence-electron chi connectivity index (χ2n) is 8.11. The van der Waals surface area contributed by atoms with Gasteiger partial charge in [-0.2, -0.15) is 0 Å². The second kappa shape index (κ2) is 9.89. The molecule has 2 unspecified atom stereocenters. The summed E-state index contributed by atoms with van der Waals surface area (Å²) in [4.78, 5) is 11.8. The minimum atomic E-state index is -2.58. The maximum absolute atomic E-state index is 11.8. The lowest BCUT2D eigenvalue weighted by Crippen LogP contribution is -2.74. The van der Waals surface area contributed by atoms with Crippen LogP contribution in [-0.4, -0.2) is 127 Å². The first kappa shape index (κ1) is 26.3. The standard InChI is InChI=1S/C18H32O13/c1-7(2)16(28-8(3)22)18(15(27)13(25)11(23)9(4-19)30-18)31-17(6-21)14(26)12(24)10(5-20)29-17/h7,9-16,19-21,23-27H,4-6H2,1-3H3/t9-,10-,11-,12-,13+,14+,15-,16?,17?,18-/m1/s1. The lowest BCUT2D eigenvalue weighted by molar-refractivity contribution is -0.454. The van der Waals surface area contributed by atoms with Gasteiger partial charge in [-0.1, -0.05) is 13.8 Å². The summed E-state index contributed by atoms with van der Waals surface area (Å²) in [5, 5.41) is 81.1. The molecule has 2 rings (SSSR count). The first-order valence-corrected chi connectivity index (χ1v) is 9.86. The Morgan fingerprint density at radius 1 is 0.903 bits per heavy atom. The summed E-state index contributed by atoms with van der Waals surface area (Å²) in [6, 6.07) is 0. The number of carbonyl (C=O) groups excluding carboxylic acids is 1. The average molecular weight is 456 g/mol. The van der Waals surface area contributed by atoms with Crippen molar-refractivity contribution in [3.63, 3.8) is 0 Å². The van der Waals surface area contributed by atoms with Gasteiger partial charge < -0.3 is 59.8 Å². The van der Waals surface area contributed by atoms with Crippen LogP contribution in [0.15, 0.2) is 0 Å². The van der Waals surface area contributed by atoms with Gasteiger partial charge in [0.2, 0.25) is 11.6 Å². The van der Waals surface area contributed by atoms with E-state index in [9.17, 15) is 45.6 Å². The molecule has 182 valence electrons. The van der Waals surface area contributed by atoms with Crippen LogP contribution in [0, 0.1) is 5.92 Å². The molecule has 2 aliphatic heterocycles. The lowest BCUT2D eigenvalue weighted by Gasteiger charge is -2.54. The Bertz CT molecular complexity index is 615. The summed E-state index contributed by atoms with van der Waals surface area (Å²) >= 11 is 0. The number of hydrogen-bond donors (Lipinski definition) is 8. The van der Waals surface area contributed by atoms with Crippen LogP contribution >= 0.6 is 0 Å². The molecule has 13 nitrogen and oxygen atoms in total. The van der Waals surface area contributed by atoms with E-state index >= 15 is 0 Å². The Hall–Kier alpha value is -0.970. The van der Waals surface area contributed by atoms with Crippen molar-refractivity contribution in [1.29, 1.82) is 0 Å². The van der Waals surface area contributed by atoms with Crippen molar-refractivity contribution in [3.8, 4) is 0 Å². The highest BCUT2D eigenvalue weighted by Crippen LogP contribution is 2.44. The van der Waals surface area contributed by atoms with Crippen molar-refractivity contribution >= 4 is 5.97 Å². The molecule has 8 N–H and O–H groups in total. The van der Waals surface area contributed by atoms with E-state index in [4.69, 9.17) is 18.9 Å². The number of carbonyl (C=O) groups is 1. The van der Waals surface area contributed by atoms with Crippen LogP contribution in [0.3, 0.4) is 0 Å². The third-order valence-corrected chi connectivity index (χ3v) is 5.52. The molecule has 2 fully saturated rings. The first-order chi connectivity index (χ1) is 14.4. The maximum Gasteiger partial charge on any atom is 0.303 e. The highest BCUT2D eigenvalue weighted by Gasteiger charge is 2.67. The van der Waals surface area contributed by atoms with Crippen LogP contribution in [-0.2, 0) is 23.7 Å². The average Bonchev–Trinajstić information content (AvgIpc) is 2.97. The largest absolute Gasteiger partial charge is 0.456 e. The molecule has 0 aromatic carbocycles. The van der Waals surface area contributed by atoms with Crippen molar-refractivity contribution in [3.05, 3.63) is 0 Å². The van der Waals surface area contributed by atoms with Crippen molar-refractivity contribution in [2.24, 2.45) is 5.92 Å². The van der Waals surface area contributed by atoms with E-state index in [2.05, 4.69) is 0 Å². The van der Waals surface area contributed by atoms with Crippen LogP contribution < -0.4 is 0 Å². The predicted molar refractivity (Wildman–Crippen MR) is 98.0 cm³/mol. The number of aliphatic hydroxyl groups excluding tert-OH is 8. The van der Waals surface area contributed by atoms with Gasteiger partial charge >= 0.3 is 5.97 Å². The third-order valence-electron chi connectivity index (χ3n) is 5.52. The van der Waals surface area contributed by atoms with Gasteiger partial charge in [-0.25, -0.2) is 0 Å². The van der Waals surface area contributed by atoms with E-state index in [1.165, 1.54) is 0 Å². The van der Waals surface area contributed by atoms with E-state index < -0.39 is 92.1 Å². The highest BCUT2D eigenvalue weighted by atomic mass is 16.8. The molecule has 2 saturated heterocycles. The lowest BCUT2D eigenvalue weighted by atomic mass is 9.84. The summed E-state index contributed by atoms with van der Waals surface area (Å²) in [5.74, 6) is -6.59. The summed E-state index contributed by atoms with van der Waals surface area (Å²) in [6.45, 7) is 1.41. The summed E-state index contributed by atoms with van der Waals surface area (Å²) in [6.07, 6.45) is -14.0. The normalized spacial score (nSPS) is 44.5. The van der Waals surface area contributed by atoms with Gasteiger partial charge in [-0.15, -0.1) is 0 Å². The molecule has 0 bridgehead atoms. The Kier molecular flexibility index (Phi) is 8.38. The van der Waals surface area contributed by atoms with Gasteiger partial charge in [-0.3, -0.25) is 4.79 Å². The van der Waals surface area contributed by atoms with Crippen LogP contribution in [0.25, 0.3) is 0 Å². The zero-order chi connectivity index (χ0) is 23.7. The molecule has 31 heavy (non-hydrogen) atoms. The second-order valence-corrected chi connectivity index (χ2v) is 8.11. The molecular formula is C18H32O13. The maximum atomic E-state index is 11.8. The van der Waals surface area contributed by atoms with Gasteiger partial charge in [0.05, 0.1) is 13.2 Å². The first-order valence-electron chi connectivity index (χ1n) is 9.86. The minimum absolute atomic E-state index is 0.673. The number of rotatable bonds is 8. The Balaban J connectivity index is 2.63. The molecular weight excluding hydrogens is 424 g/mol. The highest BCUT2D eigenvalue weighted by molar-refractivity contribution is 5.66. The quantitative estimate of drug-likeness (QED) is 0.162. The zero-order valence-corrected chi connectivity index (χ0v) is 17.4. The fourth-order valence-electron chi connectivity index (χ4n) is 3.93. The number of esters is 1. The molecule has 0 aromatic heterocycles. The van der Waals surface area contributed by atoms with E-state index in [-0.39, 0.29) is 0 Å². The van der Waals surface area contributed by atoms with Gasteiger partial charge in [0.15, 0.2) is 6.10 Å². The molecule has 0 aliphatic carbocycles. The van der Waals surface area contributed by atoms with Crippen LogP contribution in [0.2, 0.25) is 0 Å². The monoisotopic (exact) mass is 456 g/mol. The number of ether oxygens (including phenoxy) is 4. The summed E-state index contributed by atoms with van der Waals surface area (Å²) < 4.78 is 22.0. The predicted octanol–water partition coefficient (Wildman–Crippen LogP) is -4.44. The number of hydrogen-bond acceptors (Lipinski definition) is 13. The zero-order valence-electron chi connectivity index (χ0n) is 17.4. The van der Waals surface area contributed by atoms with Crippen molar-refractivity contribution in [2.45, 2.75) is 81.2 Å². The molecule has 0 saturated carbocycles. The van der Waals surface area contributed by atoms with Gasteiger partial charge in [0.25, 0.3) is 0 Å². The number of aliphatic hydroxyl groups is 8. The van der Waals surface area contributed by atoms with Crippen molar-refractivity contribution in [1.82, 2.24) is 0 Å². The minimum Gasteiger partial charge on any atom is -0.456 e. The molecule has 0 spiro atoms. The van der Waals surface area contributed by atoms with Crippen molar-refractivity contribution in [2.75, 3.05) is 19.8 Å². The van der Waals surface area contributed by atoms with E-state index in [0.717, 1.165) is 6.92 Å². The van der Waals surface area contributed by atoms with E-state index in [1.54, 1.807) is 13.8 Å². The fourth-order valence-corrected chi connectivity index (χ4v) is 3.93. The Morgan fingerprint density at radius 2 is 1.45 bits per heavy atom. The molecule has 0 aromatic rings. The Morgan fingerprint density at radius 3 is 1.87 bits per heavy atom. The van der Waals surface area contributed by atoms with Gasteiger partial charge in [-0.05, 0) is 5.92 Å². The van der Waals surface area contributed by atoms with Crippen LogP contribution in [0.5, 0.6) is 0 Å². The molecule has 10 atom stereocenters. The summed E-state index contributed by atoms with van der Waals surface area (Å²) in [7, 11) is 0. The van der Waals surface area contributed by atoms with E-state index in [1.807, 2.05) is 0 Å². The fraction of sp³-hybridized carbons (Fsp3) is 0.944. The van der Waals surface area contributed by atoms with E-state index in [0.29, 0.717) is 0 Å². The molecule has 0 amide bonds. The molecule has 13 heteroatoms. The van der Waals surface area contributed by atoms with Crippen LogP contribution in [0.4, 0.5) is 0 Å². The Labute approximate surface area is 178 Å². The topological polar surface area (TPSA) is 216 Å². The summed E-state index contributed by atoms with van der Waals surface area (Å²) in [5.41, 5.74) is 0. The molecule has 2 aliphatic rings. The SMILES string of the molecule is CC(=O)OC(C(C)C)[C@@]1(OC2(CO)O[C@H](CO)[C@@H](O)[C@@H]2O)O[C@H](CO)[C@@H](O)[C@H](O)[C@H]1O. The molecule has 0 radical (unpaired) electrons. The van der Waals surface area contributed by atoms with Gasteiger partial charge in [0.1, 0.15) is 49.3 Å². The smallest absolute Gasteiger partial charge is 0.303 e. The third kappa shape index (κ3) is 4.58. The van der Waals surface area contributed by atoms with Crippen LogP contribution in [0.1, 0.15) is 20.8 Å². The van der Waals surface area contributed by atoms with Crippen molar-refractivity contribution < 1.29 is 64.6 Å².